The molecule has 3 unspecified atom stereocenters. The summed E-state index contributed by atoms with van der Waals surface area (Å²) in [6.07, 6.45) is 3.21. The van der Waals surface area contributed by atoms with Crippen molar-refractivity contribution in [2.24, 2.45) is 11.8 Å². The van der Waals surface area contributed by atoms with E-state index in [1.807, 2.05) is 30.5 Å². The maximum absolute atomic E-state index is 11.7. The van der Waals surface area contributed by atoms with Crippen LogP contribution in [0.2, 0.25) is 0 Å². The summed E-state index contributed by atoms with van der Waals surface area (Å²) in [5, 5.41) is 9.63. The smallest absolute Gasteiger partial charge is 0.325 e. The lowest BCUT2D eigenvalue weighted by Crippen LogP contribution is -2.43. The Morgan fingerprint density at radius 2 is 1.80 bits per heavy atom. The molecule has 0 bridgehead atoms. The summed E-state index contributed by atoms with van der Waals surface area (Å²) >= 11 is 1.67. The normalized spacial score (nSPS) is 25.4. The summed E-state index contributed by atoms with van der Waals surface area (Å²) in [5.41, 5.74) is 0.886. The van der Waals surface area contributed by atoms with Crippen molar-refractivity contribution >= 4 is 17.7 Å². The molecular formula is C16H23NO2S. The third-order valence-electron chi connectivity index (χ3n) is 3.93. The van der Waals surface area contributed by atoms with E-state index in [1.165, 1.54) is 11.3 Å². The number of likely N-dealkylation sites (tertiary alicyclic amines) is 1. The van der Waals surface area contributed by atoms with Gasteiger partial charge in [-0.1, -0.05) is 26.0 Å². The predicted octanol–water partition coefficient (Wildman–Crippen LogP) is 3.51. The second-order valence-corrected chi connectivity index (χ2v) is 6.79. The van der Waals surface area contributed by atoms with Crippen molar-refractivity contribution in [3.63, 3.8) is 0 Å². The minimum atomic E-state index is -0.747. The van der Waals surface area contributed by atoms with Gasteiger partial charge in [0.05, 0.1) is 0 Å². The van der Waals surface area contributed by atoms with Crippen LogP contribution >= 0.6 is 11.8 Å². The topological polar surface area (TPSA) is 40.5 Å². The van der Waals surface area contributed by atoms with Gasteiger partial charge in [-0.3, -0.25) is 9.69 Å². The lowest BCUT2D eigenvalue weighted by molar-refractivity contribution is -0.144. The Kier molecular flexibility index (Phi) is 5.11. The number of hydrogen-bond acceptors (Lipinski definition) is 3. The van der Waals surface area contributed by atoms with E-state index in [2.05, 4.69) is 18.7 Å². The molecule has 1 aliphatic rings. The summed E-state index contributed by atoms with van der Waals surface area (Å²) in [6, 6.07) is 7.40. The van der Waals surface area contributed by atoms with E-state index in [1.54, 1.807) is 11.8 Å². The van der Waals surface area contributed by atoms with Gasteiger partial charge in [-0.15, -0.1) is 11.8 Å². The molecule has 1 heterocycles. The highest BCUT2D eigenvalue weighted by atomic mass is 32.2. The fraction of sp³-hybridized carbons (Fsp3) is 0.562. The van der Waals surface area contributed by atoms with E-state index in [0.29, 0.717) is 11.8 Å². The van der Waals surface area contributed by atoms with Crippen LogP contribution in [0.3, 0.4) is 0 Å². The van der Waals surface area contributed by atoms with Crippen LogP contribution in [0, 0.1) is 11.8 Å². The van der Waals surface area contributed by atoms with Gasteiger partial charge in [-0.25, -0.2) is 0 Å². The Labute approximate surface area is 125 Å². The molecule has 1 N–H and O–H groups in total. The van der Waals surface area contributed by atoms with Crippen molar-refractivity contribution in [1.82, 2.24) is 4.90 Å². The highest BCUT2D eigenvalue weighted by molar-refractivity contribution is 7.98. The van der Waals surface area contributed by atoms with Gasteiger partial charge in [0, 0.05) is 18.0 Å². The van der Waals surface area contributed by atoms with Crippen molar-refractivity contribution in [2.45, 2.75) is 31.2 Å². The first kappa shape index (κ1) is 15.4. The number of hydrogen-bond donors (Lipinski definition) is 1. The number of benzene rings is 1. The Morgan fingerprint density at radius 3 is 2.25 bits per heavy atom. The molecule has 20 heavy (non-hydrogen) atoms. The Bertz CT molecular complexity index is 450. The molecule has 3 nitrogen and oxygen atoms in total. The number of thioether (sulfide) groups is 1. The fourth-order valence-electron chi connectivity index (χ4n) is 3.22. The molecule has 1 aromatic rings. The lowest BCUT2D eigenvalue weighted by atomic mass is 9.90. The maximum Gasteiger partial charge on any atom is 0.325 e. The van der Waals surface area contributed by atoms with Gasteiger partial charge < -0.3 is 5.11 Å². The van der Waals surface area contributed by atoms with Gasteiger partial charge in [-0.2, -0.15) is 0 Å². The number of carboxylic acid groups (broad SMARTS) is 1. The Balaban J connectivity index is 2.23. The fourth-order valence-corrected chi connectivity index (χ4v) is 3.63. The van der Waals surface area contributed by atoms with Crippen LogP contribution in [0.1, 0.15) is 31.9 Å². The summed E-state index contributed by atoms with van der Waals surface area (Å²) in [7, 11) is 0. The summed E-state index contributed by atoms with van der Waals surface area (Å²) < 4.78 is 0. The molecule has 0 radical (unpaired) electrons. The summed E-state index contributed by atoms with van der Waals surface area (Å²) in [4.78, 5) is 15.0. The van der Waals surface area contributed by atoms with Crippen molar-refractivity contribution < 1.29 is 9.90 Å². The van der Waals surface area contributed by atoms with Crippen molar-refractivity contribution in [3.8, 4) is 0 Å². The molecule has 1 aromatic carbocycles. The molecule has 0 amide bonds. The first-order chi connectivity index (χ1) is 9.51. The molecule has 0 saturated carbocycles. The number of carbonyl (C=O) groups is 1. The summed E-state index contributed by atoms with van der Waals surface area (Å²) in [6.45, 7) is 6.15. The first-order valence-corrected chi connectivity index (χ1v) is 8.34. The predicted molar refractivity (Wildman–Crippen MR) is 83.1 cm³/mol. The molecule has 1 aliphatic heterocycles. The van der Waals surface area contributed by atoms with E-state index in [4.69, 9.17) is 0 Å². The van der Waals surface area contributed by atoms with E-state index in [-0.39, 0.29) is 0 Å². The largest absolute Gasteiger partial charge is 0.480 e. The molecule has 2 rings (SSSR count). The van der Waals surface area contributed by atoms with Crippen LogP contribution in [0.5, 0.6) is 0 Å². The monoisotopic (exact) mass is 293 g/mol. The number of aliphatic carboxylic acids is 1. The van der Waals surface area contributed by atoms with Gasteiger partial charge in [0.25, 0.3) is 0 Å². The van der Waals surface area contributed by atoms with Gasteiger partial charge in [0.2, 0.25) is 0 Å². The molecule has 4 heteroatoms. The van der Waals surface area contributed by atoms with Crippen LogP contribution in [0.15, 0.2) is 29.2 Å². The van der Waals surface area contributed by atoms with E-state index in [9.17, 15) is 9.90 Å². The lowest BCUT2D eigenvalue weighted by Gasteiger charge is -2.38. The zero-order valence-electron chi connectivity index (χ0n) is 12.4. The first-order valence-electron chi connectivity index (χ1n) is 7.12. The second kappa shape index (κ2) is 6.64. The maximum atomic E-state index is 11.7. The van der Waals surface area contributed by atoms with Gasteiger partial charge in [0.1, 0.15) is 6.04 Å². The van der Waals surface area contributed by atoms with Crippen molar-refractivity contribution in [2.75, 3.05) is 19.3 Å². The number of nitrogens with zero attached hydrogens (tertiary/aromatic N) is 1. The van der Waals surface area contributed by atoms with Crippen LogP contribution in [0.25, 0.3) is 0 Å². The van der Waals surface area contributed by atoms with Crippen molar-refractivity contribution in [1.29, 1.82) is 0 Å². The molecule has 0 spiro atoms. The Morgan fingerprint density at radius 1 is 1.25 bits per heavy atom. The van der Waals surface area contributed by atoms with Gasteiger partial charge in [0.15, 0.2) is 0 Å². The second-order valence-electron chi connectivity index (χ2n) is 5.91. The summed E-state index contributed by atoms with van der Waals surface area (Å²) in [5.74, 6) is 0.375. The van der Waals surface area contributed by atoms with E-state index < -0.39 is 12.0 Å². The third kappa shape index (κ3) is 3.55. The van der Waals surface area contributed by atoms with Gasteiger partial charge >= 0.3 is 5.97 Å². The molecule has 1 fully saturated rings. The van der Waals surface area contributed by atoms with Crippen LogP contribution in [-0.4, -0.2) is 35.3 Å². The molecule has 3 atom stereocenters. The minimum Gasteiger partial charge on any atom is -0.480 e. The number of piperidine rings is 1. The standard InChI is InChI=1S/C16H23NO2S/c1-11-8-12(2)10-17(9-11)15(16(18)19)13-4-6-14(20-3)7-5-13/h4-7,11-12,15H,8-10H2,1-3H3,(H,18,19). The quantitative estimate of drug-likeness (QED) is 0.862. The molecule has 1 saturated heterocycles. The van der Waals surface area contributed by atoms with Crippen LogP contribution in [-0.2, 0) is 4.79 Å². The van der Waals surface area contributed by atoms with Crippen LogP contribution < -0.4 is 0 Å². The molecule has 110 valence electrons. The van der Waals surface area contributed by atoms with E-state index >= 15 is 0 Å². The zero-order chi connectivity index (χ0) is 14.7. The zero-order valence-corrected chi connectivity index (χ0v) is 13.2. The van der Waals surface area contributed by atoms with Crippen molar-refractivity contribution in [3.05, 3.63) is 29.8 Å². The number of rotatable bonds is 4. The van der Waals surface area contributed by atoms with E-state index in [0.717, 1.165) is 18.7 Å². The minimum absolute atomic E-state index is 0.517. The SMILES string of the molecule is CSc1ccc(C(C(=O)O)N2CC(C)CC(C)C2)cc1. The highest BCUT2D eigenvalue weighted by Crippen LogP contribution is 2.30. The van der Waals surface area contributed by atoms with Crippen LogP contribution in [0.4, 0.5) is 0 Å². The van der Waals surface area contributed by atoms with Gasteiger partial charge in [-0.05, 0) is 42.2 Å². The average Bonchev–Trinajstić information content (AvgIpc) is 2.38. The molecule has 0 aliphatic carbocycles. The molecule has 0 aromatic heterocycles. The third-order valence-corrected chi connectivity index (χ3v) is 4.67. The number of carboxylic acids is 1. The Hall–Kier alpha value is -1.00. The highest BCUT2D eigenvalue weighted by Gasteiger charge is 2.32. The average molecular weight is 293 g/mol. The molecular weight excluding hydrogens is 270 g/mol.